The molecular formula is C18H14N2O4. The van der Waals surface area contributed by atoms with Crippen LogP contribution < -0.4 is 15.2 Å². The van der Waals surface area contributed by atoms with Crippen LogP contribution in [0.25, 0.3) is 22.5 Å². The van der Waals surface area contributed by atoms with Gasteiger partial charge < -0.3 is 14.5 Å². The average Bonchev–Trinajstić information content (AvgIpc) is 3.11. The maximum absolute atomic E-state index is 12.5. The Labute approximate surface area is 137 Å². The van der Waals surface area contributed by atoms with Crippen LogP contribution in [0.3, 0.4) is 0 Å². The Kier molecular flexibility index (Phi) is 3.06. The van der Waals surface area contributed by atoms with E-state index in [2.05, 4.69) is 4.98 Å². The minimum atomic E-state index is -0.459. The molecule has 1 aromatic heterocycles. The SMILES string of the molecule is COc1ccc(-c2[nH]c(=O)n3c2-c2ccccc2C3=O)c(OC)c1. The minimum absolute atomic E-state index is 0.319. The van der Waals surface area contributed by atoms with Gasteiger partial charge in [0.1, 0.15) is 11.5 Å². The molecule has 1 N–H and O–H groups in total. The van der Waals surface area contributed by atoms with E-state index >= 15 is 0 Å². The lowest BCUT2D eigenvalue weighted by Crippen LogP contribution is -2.21. The Bertz CT molecular complexity index is 1030. The van der Waals surface area contributed by atoms with E-state index in [0.717, 1.165) is 5.56 Å². The fourth-order valence-electron chi connectivity index (χ4n) is 3.08. The molecule has 0 saturated carbocycles. The molecule has 6 heteroatoms. The van der Waals surface area contributed by atoms with E-state index in [9.17, 15) is 9.59 Å². The molecule has 0 saturated heterocycles. The first-order valence-corrected chi connectivity index (χ1v) is 7.37. The second-order valence-corrected chi connectivity index (χ2v) is 5.41. The number of H-pyrrole nitrogens is 1. The predicted molar refractivity (Wildman–Crippen MR) is 88.8 cm³/mol. The van der Waals surface area contributed by atoms with Crippen molar-refractivity contribution in [3.05, 3.63) is 58.5 Å². The number of hydrogen-bond donors (Lipinski definition) is 1. The van der Waals surface area contributed by atoms with Crippen molar-refractivity contribution in [2.45, 2.75) is 0 Å². The lowest BCUT2D eigenvalue weighted by atomic mass is 10.0. The van der Waals surface area contributed by atoms with Gasteiger partial charge in [-0.15, -0.1) is 0 Å². The van der Waals surface area contributed by atoms with Crippen LogP contribution in [0.15, 0.2) is 47.3 Å². The molecule has 4 rings (SSSR count). The summed E-state index contributed by atoms with van der Waals surface area (Å²) in [6.45, 7) is 0. The third kappa shape index (κ3) is 1.83. The van der Waals surface area contributed by atoms with Crippen LogP contribution in [0.2, 0.25) is 0 Å². The molecule has 24 heavy (non-hydrogen) atoms. The summed E-state index contributed by atoms with van der Waals surface area (Å²) in [5, 5.41) is 0. The number of imidazole rings is 1. The third-order valence-electron chi connectivity index (χ3n) is 4.19. The summed E-state index contributed by atoms with van der Waals surface area (Å²) >= 11 is 0. The summed E-state index contributed by atoms with van der Waals surface area (Å²) in [6, 6.07) is 12.5. The highest BCUT2D eigenvalue weighted by atomic mass is 16.5. The van der Waals surface area contributed by atoms with E-state index < -0.39 is 5.69 Å². The summed E-state index contributed by atoms with van der Waals surface area (Å²) in [6.07, 6.45) is 0. The Morgan fingerprint density at radius 3 is 2.38 bits per heavy atom. The smallest absolute Gasteiger partial charge is 0.333 e. The van der Waals surface area contributed by atoms with Crippen LogP contribution in [0.5, 0.6) is 11.5 Å². The van der Waals surface area contributed by atoms with Crippen LogP contribution in [-0.2, 0) is 0 Å². The van der Waals surface area contributed by atoms with E-state index in [1.54, 1.807) is 44.6 Å². The van der Waals surface area contributed by atoms with Crippen molar-refractivity contribution in [3.8, 4) is 34.0 Å². The molecule has 0 fully saturated rings. The minimum Gasteiger partial charge on any atom is -0.497 e. The van der Waals surface area contributed by atoms with Gasteiger partial charge in [0.25, 0.3) is 5.91 Å². The van der Waals surface area contributed by atoms with Crippen molar-refractivity contribution in [1.29, 1.82) is 0 Å². The Hall–Kier alpha value is -3.28. The van der Waals surface area contributed by atoms with Gasteiger partial charge in [0, 0.05) is 22.8 Å². The molecule has 6 nitrogen and oxygen atoms in total. The van der Waals surface area contributed by atoms with Gasteiger partial charge >= 0.3 is 5.69 Å². The molecule has 1 aliphatic rings. The molecule has 0 unspecified atom stereocenters. The number of ether oxygens (including phenoxy) is 2. The number of aromatic nitrogens is 2. The number of methoxy groups -OCH3 is 2. The van der Waals surface area contributed by atoms with Crippen LogP contribution in [0, 0.1) is 0 Å². The van der Waals surface area contributed by atoms with Crippen LogP contribution in [-0.4, -0.2) is 29.7 Å². The zero-order valence-corrected chi connectivity index (χ0v) is 13.1. The molecule has 0 bridgehead atoms. The number of nitrogens with zero attached hydrogens (tertiary/aromatic N) is 1. The fraction of sp³-hybridized carbons (Fsp3) is 0.111. The first-order valence-electron chi connectivity index (χ1n) is 7.37. The highest BCUT2D eigenvalue weighted by Gasteiger charge is 2.32. The molecule has 0 atom stereocenters. The lowest BCUT2D eigenvalue weighted by Gasteiger charge is -2.10. The molecule has 2 aromatic carbocycles. The molecule has 120 valence electrons. The zero-order valence-electron chi connectivity index (χ0n) is 13.1. The van der Waals surface area contributed by atoms with Gasteiger partial charge in [0.2, 0.25) is 0 Å². The highest BCUT2D eigenvalue weighted by molar-refractivity contribution is 6.11. The number of nitrogens with one attached hydrogen (secondary N) is 1. The predicted octanol–water partition coefficient (Wildman–Crippen LogP) is 2.53. The zero-order chi connectivity index (χ0) is 16.8. The van der Waals surface area contributed by atoms with Crippen LogP contribution >= 0.6 is 0 Å². The molecular weight excluding hydrogens is 308 g/mol. The molecule has 3 aromatic rings. The summed E-state index contributed by atoms with van der Waals surface area (Å²) in [5.41, 5.74) is 2.59. The van der Waals surface area contributed by atoms with Crippen molar-refractivity contribution in [1.82, 2.24) is 9.55 Å². The van der Waals surface area contributed by atoms with Crippen molar-refractivity contribution in [3.63, 3.8) is 0 Å². The number of carbonyl (C=O) groups is 1. The maximum atomic E-state index is 12.5. The standard InChI is InChI=1S/C18H14N2O4/c1-23-10-7-8-13(14(9-10)24-2)15-16-11-5-3-4-6-12(11)17(21)20(16)18(22)19-15/h3-9H,1-2H3,(H,19,22). The molecule has 2 heterocycles. The number of rotatable bonds is 3. The maximum Gasteiger partial charge on any atom is 0.333 e. The average molecular weight is 322 g/mol. The quantitative estimate of drug-likeness (QED) is 0.629. The Morgan fingerprint density at radius 1 is 0.917 bits per heavy atom. The van der Waals surface area contributed by atoms with Gasteiger partial charge in [0.05, 0.1) is 25.6 Å². The Morgan fingerprint density at radius 2 is 1.67 bits per heavy atom. The highest BCUT2D eigenvalue weighted by Crippen LogP contribution is 2.41. The fourth-order valence-corrected chi connectivity index (χ4v) is 3.08. The Balaban J connectivity index is 2.02. The number of fused-ring (bicyclic) bond motifs is 3. The van der Waals surface area contributed by atoms with Crippen LogP contribution in [0.4, 0.5) is 0 Å². The first-order chi connectivity index (χ1) is 11.7. The number of carbonyl (C=O) groups excluding carboxylic acids is 1. The van der Waals surface area contributed by atoms with Gasteiger partial charge in [0.15, 0.2) is 0 Å². The van der Waals surface area contributed by atoms with Crippen molar-refractivity contribution < 1.29 is 14.3 Å². The molecule has 0 radical (unpaired) electrons. The molecule has 0 amide bonds. The molecule has 1 aliphatic heterocycles. The largest absolute Gasteiger partial charge is 0.497 e. The second kappa shape index (κ2) is 5.13. The van der Waals surface area contributed by atoms with E-state index in [0.29, 0.717) is 34.0 Å². The monoisotopic (exact) mass is 322 g/mol. The van der Waals surface area contributed by atoms with Gasteiger partial charge in [-0.05, 0) is 18.2 Å². The first kappa shape index (κ1) is 14.3. The topological polar surface area (TPSA) is 73.3 Å². The van der Waals surface area contributed by atoms with Crippen molar-refractivity contribution in [2.75, 3.05) is 14.2 Å². The number of aromatic amines is 1. The summed E-state index contributed by atoms with van der Waals surface area (Å²) in [4.78, 5) is 27.6. The third-order valence-corrected chi connectivity index (χ3v) is 4.19. The van der Waals surface area contributed by atoms with Gasteiger partial charge in [-0.1, -0.05) is 18.2 Å². The van der Waals surface area contributed by atoms with E-state index in [4.69, 9.17) is 9.47 Å². The molecule has 0 aliphatic carbocycles. The lowest BCUT2D eigenvalue weighted by molar-refractivity contribution is 0.0965. The second-order valence-electron chi connectivity index (χ2n) is 5.41. The normalized spacial score (nSPS) is 12.0. The summed E-state index contributed by atoms with van der Waals surface area (Å²) in [5.74, 6) is 0.877. The molecule has 0 spiro atoms. The van der Waals surface area contributed by atoms with Gasteiger partial charge in [-0.25, -0.2) is 9.36 Å². The van der Waals surface area contributed by atoms with E-state index in [-0.39, 0.29) is 5.91 Å². The van der Waals surface area contributed by atoms with Gasteiger partial charge in [-0.3, -0.25) is 4.79 Å². The summed E-state index contributed by atoms with van der Waals surface area (Å²) in [7, 11) is 3.12. The number of benzene rings is 2. The van der Waals surface area contributed by atoms with Crippen molar-refractivity contribution in [2.24, 2.45) is 0 Å². The van der Waals surface area contributed by atoms with Crippen LogP contribution in [0.1, 0.15) is 10.4 Å². The van der Waals surface area contributed by atoms with E-state index in [1.807, 2.05) is 12.1 Å². The van der Waals surface area contributed by atoms with Crippen molar-refractivity contribution >= 4 is 5.91 Å². The summed E-state index contributed by atoms with van der Waals surface area (Å²) < 4.78 is 11.8. The van der Waals surface area contributed by atoms with E-state index in [1.165, 1.54) is 4.57 Å². The van der Waals surface area contributed by atoms with Gasteiger partial charge in [-0.2, -0.15) is 0 Å². The number of hydrogen-bond acceptors (Lipinski definition) is 4.